The molecule has 1 amide bonds. The molecule has 3 rings (SSSR count). The second-order valence-electron chi connectivity index (χ2n) is 7.24. The highest BCUT2D eigenvalue weighted by atomic mass is 19.1. The van der Waals surface area contributed by atoms with Crippen molar-refractivity contribution >= 4 is 5.91 Å². The molecule has 0 aliphatic carbocycles. The first kappa shape index (κ1) is 19.4. The van der Waals surface area contributed by atoms with Gasteiger partial charge in [-0.3, -0.25) is 9.69 Å². The predicted molar refractivity (Wildman–Crippen MR) is 104 cm³/mol. The van der Waals surface area contributed by atoms with Crippen LogP contribution in [0.2, 0.25) is 0 Å². The maximum absolute atomic E-state index is 12.8. The predicted octanol–water partition coefficient (Wildman–Crippen LogP) is 3.87. The third kappa shape index (κ3) is 6.07. The molecule has 0 radical (unpaired) electrons. The molecule has 27 heavy (non-hydrogen) atoms. The van der Waals surface area contributed by atoms with Gasteiger partial charge in [0.2, 0.25) is 0 Å². The highest BCUT2D eigenvalue weighted by molar-refractivity contribution is 5.94. The largest absolute Gasteiger partial charge is 0.492 e. The van der Waals surface area contributed by atoms with Gasteiger partial charge in [-0.15, -0.1) is 0 Å². The first-order chi connectivity index (χ1) is 13.1. The molecule has 1 N–H and O–H groups in total. The van der Waals surface area contributed by atoms with E-state index in [0.29, 0.717) is 24.5 Å². The average molecular weight is 370 g/mol. The summed E-state index contributed by atoms with van der Waals surface area (Å²) >= 11 is 0. The first-order valence-electron chi connectivity index (χ1n) is 9.58. The van der Waals surface area contributed by atoms with Gasteiger partial charge in [-0.1, -0.05) is 19.1 Å². The number of nitrogens with one attached hydrogen (secondary N) is 1. The Hall–Kier alpha value is -2.40. The highest BCUT2D eigenvalue weighted by Crippen LogP contribution is 2.18. The molecule has 1 fully saturated rings. The molecule has 1 aliphatic rings. The van der Waals surface area contributed by atoms with E-state index in [2.05, 4.69) is 17.1 Å². The van der Waals surface area contributed by atoms with Crippen LogP contribution in [0.25, 0.3) is 0 Å². The van der Waals surface area contributed by atoms with Gasteiger partial charge in [0.1, 0.15) is 18.2 Å². The lowest BCUT2D eigenvalue weighted by atomic mass is 9.99. The van der Waals surface area contributed by atoms with Gasteiger partial charge in [0.05, 0.1) is 6.54 Å². The van der Waals surface area contributed by atoms with E-state index in [4.69, 9.17) is 4.74 Å². The summed E-state index contributed by atoms with van der Waals surface area (Å²) in [5, 5.41) is 2.84. The van der Waals surface area contributed by atoms with Crippen LogP contribution in [0.3, 0.4) is 0 Å². The van der Waals surface area contributed by atoms with Crippen molar-refractivity contribution in [2.45, 2.75) is 26.3 Å². The molecular formula is C22H27FN2O2. The molecule has 1 heterocycles. The normalized spacial score (nSPS) is 17.5. The van der Waals surface area contributed by atoms with Crippen LogP contribution >= 0.6 is 0 Å². The van der Waals surface area contributed by atoms with Crippen molar-refractivity contribution in [3.63, 3.8) is 0 Å². The SMILES string of the molecule is CC1CCCN(Cc2ccc(C(=O)NCCOc3ccc(F)cc3)cc2)C1. The average Bonchev–Trinajstić information content (AvgIpc) is 2.67. The monoisotopic (exact) mass is 370 g/mol. The van der Waals surface area contributed by atoms with Crippen LogP contribution in [0.5, 0.6) is 5.75 Å². The second kappa shape index (κ2) is 9.51. The summed E-state index contributed by atoms with van der Waals surface area (Å²) in [6, 6.07) is 13.6. The minimum atomic E-state index is -0.297. The number of benzene rings is 2. The summed E-state index contributed by atoms with van der Waals surface area (Å²) in [6.07, 6.45) is 2.59. The number of likely N-dealkylation sites (tertiary alicyclic amines) is 1. The number of rotatable bonds is 7. The third-order valence-corrected chi connectivity index (χ3v) is 4.83. The van der Waals surface area contributed by atoms with E-state index in [1.165, 1.54) is 30.5 Å². The zero-order chi connectivity index (χ0) is 19.1. The number of carbonyl (C=O) groups excluding carboxylic acids is 1. The molecule has 1 atom stereocenters. The van der Waals surface area contributed by atoms with Crippen LogP contribution in [0, 0.1) is 11.7 Å². The summed E-state index contributed by atoms with van der Waals surface area (Å²) in [5.74, 6) is 0.938. The molecule has 0 bridgehead atoms. The summed E-state index contributed by atoms with van der Waals surface area (Å²) in [5.41, 5.74) is 1.88. The fraction of sp³-hybridized carbons (Fsp3) is 0.409. The minimum Gasteiger partial charge on any atom is -0.492 e. The Morgan fingerprint density at radius 1 is 1.19 bits per heavy atom. The van der Waals surface area contributed by atoms with Gasteiger partial charge in [-0.05, 0) is 67.3 Å². The second-order valence-corrected chi connectivity index (χ2v) is 7.24. The van der Waals surface area contributed by atoms with E-state index in [1.54, 1.807) is 12.1 Å². The van der Waals surface area contributed by atoms with Gasteiger partial charge in [0, 0.05) is 18.7 Å². The Morgan fingerprint density at radius 2 is 1.93 bits per heavy atom. The van der Waals surface area contributed by atoms with Crippen molar-refractivity contribution in [1.29, 1.82) is 0 Å². The Kier molecular flexibility index (Phi) is 6.82. The Bertz CT molecular complexity index is 731. The zero-order valence-electron chi connectivity index (χ0n) is 15.8. The molecule has 5 heteroatoms. The van der Waals surface area contributed by atoms with E-state index in [0.717, 1.165) is 25.6 Å². The van der Waals surface area contributed by atoms with Crippen LogP contribution in [0.1, 0.15) is 35.7 Å². The lowest BCUT2D eigenvalue weighted by Crippen LogP contribution is -2.33. The molecule has 0 aromatic heterocycles. The molecule has 2 aromatic carbocycles. The molecule has 4 nitrogen and oxygen atoms in total. The maximum Gasteiger partial charge on any atom is 0.251 e. The fourth-order valence-corrected chi connectivity index (χ4v) is 3.42. The van der Waals surface area contributed by atoms with Gasteiger partial charge in [-0.2, -0.15) is 0 Å². The van der Waals surface area contributed by atoms with Gasteiger partial charge < -0.3 is 10.1 Å². The summed E-state index contributed by atoms with van der Waals surface area (Å²) in [6.45, 7) is 6.28. The Labute approximate surface area is 160 Å². The minimum absolute atomic E-state index is 0.115. The lowest BCUT2D eigenvalue weighted by Gasteiger charge is -2.30. The number of ether oxygens (including phenoxy) is 1. The summed E-state index contributed by atoms with van der Waals surface area (Å²) < 4.78 is 18.3. The number of amides is 1. The molecule has 2 aromatic rings. The van der Waals surface area contributed by atoms with Crippen molar-refractivity contribution in [2.75, 3.05) is 26.2 Å². The van der Waals surface area contributed by atoms with E-state index in [1.807, 2.05) is 24.3 Å². The fourth-order valence-electron chi connectivity index (χ4n) is 3.42. The molecular weight excluding hydrogens is 343 g/mol. The lowest BCUT2D eigenvalue weighted by molar-refractivity contribution is 0.0947. The number of nitrogens with zero attached hydrogens (tertiary/aromatic N) is 1. The van der Waals surface area contributed by atoms with Gasteiger partial charge in [0.25, 0.3) is 5.91 Å². The van der Waals surface area contributed by atoms with E-state index >= 15 is 0 Å². The van der Waals surface area contributed by atoms with E-state index < -0.39 is 0 Å². The summed E-state index contributed by atoms with van der Waals surface area (Å²) in [7, 11) is 0. The third-order valence-electron chi connectivity index (χ3n) is 4.83. The number of halogens is 1. The van der Waals surface area contributed by atoms with Crippen molar-refractivity contribution in [1.82, 2.24) is 10.2 Å². The first-order valence-corrected chi connectivity index (χ1v) is 9.58. The number of carbonyl (C=O) groups is 1. The maximum atomic E-state index is 12.8. The number of piperidine rings is 1. The van der Waals surface area contributed by atoms with Crippen LogP contribution in [-0.4, -0.2) is 37.0 Å². The van der Waals surface area contributed by atoms with Crippen LogP contribution in [0.15, 0.2) is 48.5 Å². The standard InChI is InChI=1S/C22H27FN2O2/c1-17-3-2-13-25(15-17)16-18-4-6-19(7-5-18)22(26)24-12-14-27-21-10-8-20(23)9-11-21/h4-11,17H,2-3,12-16H2,1H3,(H,24,26). The van der Waals surface area contributed by atoms with Gasteiger partial charge in [-0.25, -0.2) is 4.39 Å². The molecule has 1 unspecified atom stereocenters. The van der Waals surface area contributed by atoms with Crippen LogP contribution in [-0.2, 0) is 6.54 Å². The van der Waals surface area contributed by atoms with E-state index in [9.17, 15) is 9.18 Å². The topological polar surface area (TPSA) is 41.6 Å². The van der Waals surface area contributed by atoms with Gasteiger partial charge >= 0.3 is 0 Å². The smallest absolute Gasteiger partial charge is 0.251 e. The highest BCUT2D eigenvalue weighted by Gasteiger charge is 2.16. The van der Waals surface area contributed by atoms with Crippen molar-refractivity contribution in [2.24, 2.45) is 5.92 Å². The molecule has 0 saturated carbocycles. The molecule has 1 saturated heterocycles. The number of hydrogen-bond donors (Lipinski definition) is 1. The van der Waals surface area contributed by atoms with Crippen molar-refractivity contribution in [3.05, 3.63) is 65.5 Å². The zero-order valence-corrected chi connectivity index (χ0v) is 15.8. The van der Waals surface area contributed by atoms with Crippen LogP contribution < -0.4 is 10.1 Å². The Balaban J connectivity index is 1.41. The van der Waals surface area contributed by atoms with Crippen molar-refractivity contribution in [3.8, 4) is 5.75 Å². The number of hydrogen-bond acceptors (Lipinski definition) is 3. The van der Waals surface area contributed by atoms with Crippen molar-refractivity contribution < 1.29 is 13.9 Å². The Morgan fingerprint density at radius 3 is 2.63 bits per heavy atom. The quantitative estimate of drug-likeness (QED) is 0.753. The summed E-state index contributed by atoms with van der Waals surface area (Å²) in [4.78, 5) is 14.7. The molecule has 1 aliphatic heterocycles. The molecule has 0 spiro atoms. The van der Waals surface area contributed by atoms with E-state index in [-0.39, 0.29) is 11.7 Å². The molecule has 144 valence electrons. The van der Waals surface area contributed by atoms with Crippen LogP contribution in [0.4, 0.5) is 4.39 Å². The van der Waals surface area contributed by atoms with Gasteiger partial charge in [0.15, 0.2) is 0 Å².